The molecule has 0 spiro atoms. The molecule has 2 atom stereocenters. The van der Waals surface area contributed by atoms with Crippen LogP contribution in [0.4, 0.5) is 24.5 Å². The van der Waals surface area contributed by atoms with Gasteiger partial charge in [0.2, 0.25) is 17.7 Å². The van der Waals surface area contributed by atoms with Gasteiger partial charge in [-0.3, -0.25) is 23.5 Å². The van der Waals surface area contributed by atoms with Gasteiger partial charge in [0, 0.05) is 28.2 Å². The predicted octanol–water partition coefficient (Wildman–Crippen LogP) is 4.18. The molecule has 0 bridgehead atoms. The molecule has 1 aliphatic carbocycles. The van der Waals surface area contributed by atoms with Gasteiger partial charge in [-0.15, -0.1) is 0 Å². The van der Waals surface area contributed by atoms with Gasteiger partial charge >= 0.3 is 6.18 Å². The molecule has 37 heavy (non-hydrogen) atoms. The summed E-state index contributed by atoms with van der Waals surface area (Å²) in [5, 5.41) is 5.44. The number of anilines is 2. The first-order valence-electron chi connectivity index (χ1n) is 11.9. The summed E-state index contributed by atoms with van der Waals surface area (Å²) in [6.45, 7) is 3.30. The third-order valence-electron chi connectivity index (χ3n) is 6.10. The van der Waals surface area contributed by atoms with Crippen molar-refractivity contribution >= 4 is 39.9 Å². The first-order chi connectivity index (χ1) is 17.4. The van der Waals surface area contributed by atoms with Crippen molar-refractivity contribution in [2.45, 2.75) is 57.8 Å². The maximum Gasteiger partial charge on any atom is 0.416 e. The van der Waals surface area contributed by atoms with Crippen LogP contribution in [0.1, 0.15) is 43.7 Å². The smallest absolute Gasteiger partial charge is 0.352 e. The quantitative estimate of drug-likeness (QED) is 0.502. The third kappa shape index (κ3) is 8.14. The van der Waals surface area contributed by atoms with Gasteiger partial charge in [-0.1, -0.05) is 36.6 Å². The number of nitrogens with zero attached hydrogens (tertiary/aromatic N) is 1. The van der Waals surface area contributed by atoms with Crippen LogP contribution in [0.25, 0.3) is 0 Å². The second kappa shape index (κ2) is 12.4. The topological polar surface area (TPSA) is 95.6 Å². The minimum atomic E-state index is -4.66. The second-order valence-electron chi connectivity index (χ2n) is 9.12. The fourth-order valence-electron chi connectivity index (χ4n) is 4.16. The molecule has 1 fully saturated rings. The Balaban J connectivity index is 1.75. The van der Waals surface area contributed by atoms with E-state index in [0.717, 1.165) is 54.3 Å². The van der Waals surface area contributed by atoms with E-state index in [0.29, 0.717) is 5.69 Å². The highest BCUT2D eigenvalue weighted by molar-refractivity contribution is 7.86. The third-order valence-corrected chi connectivity index (χ3v) is 7.25. The van der Waals surface area contributed by atoms with E-state index in [-0.39, 0.29) is 11.7 Å². The SMILES string of the molecule is Cc1ccc(NC(=O)CS(=O)CC(=O)N(c2cccc(C(F)(F)F)c2)C(C)C(=O)NC2CCCC2)cc1. The molecule has 0 aromatic heterocycles. The minimum Gasteiger partial charge on any atom is -0.352 e. The maximum atomic E-state index is 13.3. The monoisotopic (exact) mass is 537 g/mol. The summed E-state index contributed by atoms with van der Waals surface area (Å²) in [5.74, 6) is -3.04. The Morgan fingerprint density at radius 2 is 1.70 bits per heavy atom. The van der Waals surface area contributed by atoms with E-state index < -0.39 is 57.8 Å². The molecular weight excluding hydrogens is 507 g/mol. The number of nitrogens with one attached hydrogen (secondary N) is 2. The van der Waals surface area contributed by atoms with Crippen molar-refractivity contribution in [2.24, 2.45) is 0 Å². The molecule has 200 valence electrons. The van der Waals surface area contributed by atoms with Gasteiger partial charge in [0.25, 0.3) is 0 Å². The fraction of sp³-hybridized carbons (Fsp3) is 0.423. The molecule has 2 N–H and O–H groups in total. The van der Waals surface area contributed by atoms with Crippen molar-refractivity contribution in [3.63, 3.8) is 0 Å². The van der Waals surface area contributed by atoms with Crippen LogP contribution < -0.4 is 15.5 Å². The van der Waals surface area contributed by atoms with Crippen LogP contribution in [0.15, 0.2) is 48.5 Å². The molecule has 1 saturated carbocycles. The van der Waals surface area contributed by atoms with E-state index in [1.807, 2.05) is 6.92 Å². The molecule has 11 heteroatoms. The minimum absolute atomic E-state index is 0.0620. The zero-order valence-electron chi connectivity index (χ0n) is 20.6. The molecule has 0 saturated heterocycles. The first kappa shape index (κ1) is 28.4. The van der Waals surface area contributed by atoms with Crippen molar-refractivity contribution in [3.8, 4) is 0 Å². The number of aryl methyl sites for hydroxylation is 1. The lowest BCUT2D eigenvalue weighted by atomic mass is 10.1. The number of alkyl halides is 3. The average molecular weight is 538 g/mol. The van der Waals surface area contributed by atoms with E-state index in [2.05, 4.69) is 10.6 Å². The first-order valence-corrected chi connectivity index (χ1v) is 13.4. The van der Waals surface area contributed by atoms with Gasteiger partial charge in [0.1, 0.15) is 17.5 Å². The van der Waals surface area contributed by atoms with E-state index >= 15 is 0 Å². The molecule has 3 amide bonds. The molecule has 3 rings (SSSR count). The summed E-state index contributed by atoms with van der Waals surface area (Å²) in [6, 6.07) is 9.81. The summed E-state index contributed by atoms with van der Waals surface area (Å²) in [4.78, 5) is 39.4. The van der Waals surface area contributed by atoms with Crippen LogP contribution in [0.2, 0.25) is 0 Å². The van der Waals surface area contributed by atoms with Gasteiger partial charge < -0.3 is 10.6 Å². The van der Waals surface area contributed by atoms with Crippen LogP contribution in [0.3, 0.4) is 0 Å². The van der Waals surface area contributed by atoms with E-state index in [9.17, 15) is 31.8 Å². The normalized spacial score (nSPS) is 15.6. The van der Waals surface area contributed by atoms with Crippen molar-refractivity contribution in [3.05, 3.63) is 59.7 Å². The molecule has 1 aliphatic rings. The number of hydrogen-bond donors (Lipinski definition) is 2. The lowest BCUT2D eigenvalue weighted by molar-refractivity contribution is -0.137. The van der Waals surface area contributed by atoms with Gasteiger partial charge in [-0.2, -0.15) is 13.2 Å². The van der Waals surface area contributed by atoms with Gasteiger partial charge in [0.05, 0.1) is 5.56 Å². The average Bonchev–Trinajstić information content (AvgIpc) is 3.33. The van der Waals surface area contributed by atoms with Crippen molar-refractivity contribution in [1.82, 2.24) is 5.32 Å². The molecule has 0 heterocycles. The highest BCUT2D eigenvalue weighted by atomic mass is 32.2. The second-order valence-corrected chi connectivity index (χ2v) is 10.6. The molecule has 0 aliphatic heterocycles. The Morgan fingerprint density at radius 1 is 1.05 bits per heavy atom. The summed E-state index contributed by atoms with van der Waals surface area (Å²) in [7, 11) is -1.97. The van der Waals surface area contributed by atoms with E-state index in [1.54, 1.807) is 24.3 Å². The Labute approximate surface area is 216 Å². The molecule has 0 radical (unpaired) electrons. The molecule has 2 unspecified atom stereocenters. The Kier molecular flexibility index (Phi) is 9.47. The van der Waals surface area contributed by atoms with Crippen LogP contribution >= 0.6 is 0 Å². The lowest BCUT2D eigenvalue weighted by Crippen LogP contribution is -2.51. The van der Waals surface area contributed by atoms with Crippen LogP contribution in [0, 0.1) is 6.92 Å². The molecular formula is C26H30F3N3O4S. The maximum absolute atomic E-state index is 13.3. The van der Waals surface area contributed by atoms with Crippen LogP contribution in [-0.2, 0) is 31.4 Å². The number of carbonyl (C=O) groups excluding carboxylic acids is 3. The Hall–Kier alpha value is -3.21. The van der Waals surface area contributed by atoms with Crippen LogP contribution in [-0.4, -0.2) is 45.5 Å². The molecule has 2 aromatic carbocycles. The number of rotatable bonds is 9. The van der Waals surface area contributed by atoms with Crippen molar-refractivity contribution in [1.29, 1.82) is 0 Å². The van der Waals surface area contributed by atoms with Crippen LogP contribution in [0.5, 0.6) is 0 Å². The van der Waals surface area contributed by atoms with E-state index in [4.69, 9.17) is 0 Å². The zero-order valence-corrected chi connectivity index (χ0v) is 21.5. The largest absolute Gasteiger partial charge is 0.416 e. The van der Waals surface area contributed by atoms with E-state index in [1.165, 1.54) is 13.0 Å². The van der Waals surface area contributed by atoms with Crippen molar-refractivity contribution < 1.29 is 31.8 Å². The predicted molar refractivity (Wildman–Crippen MR) is 136 cm³/mol. The fourth-order valence-corrected chi connectivity index (χ4v) is 5.04. The Morgan fingerprint density at radius 3 is 2.32 bits per heavy atom. The van der Waals surface area contributed by atoms with Gasteiger partial charge in [0.15, 0.2) is 0 Å². The standard InChI is InChI=1S/C26H30F3N3O4S/c1-17-10-12-21(13-11-17)30-23(33)15-37(36)16-24(34)32(18(2)25(35)31-20-7-3-4-8-20)22-9-5-6-19(14-22)26(27,28)29/h5-6,9-14,18,20H,3-4,7-8,15-16H2,1-2H3,(H,30,33)(H,31,35). The number of hydrogen-bond acceptors (Lipinski definition) is 4. The summed E-state index contributed by atoms with van der Waals surface area (Å²) >= 11 is 0. The Bertz CT molecular complexity index is 1150. The lowest BCUT2D eigenvalue weighted by Gasteiger charge is -2.30. The summed E-state index contributed by atoms with van der Waals surface area (Å²) in [6.07, 6.45) is -1.17. The van der Waals surface area contributed by atoms with Crippen molar-refractivity contribution in [2.75, 3.05) is 21.7 Å². The number of carbonyl (C=O) groups is 3. The highest BCUT2D eigenvalue weighted by Crippen LogP contribution is 2.32. The summed E-state index contributed by atoms with van der Waals surface area (Å²) in [5.41, 5.74) is 0.370. The number of benzene rings is 2. The van der Waals surface area contributed by atoms with Gasteiger partial charge in [-0.25, -0.2) is 0 Å². The molecule has 2 aromatic rings. The summed E-state index contributed by atoms with van der Waals surface area (Å²) < 4.78 is 52.7. The highest BCUT2D eigenvalue weighted by Gasteiger charge is 2.34. The molecule has 7 nitrogen and oxygen atoms in total. The zero-order chi connectivity index (χ0) is 27.2. The number of halogens is 3. The number of amides is 3. The van der Waals surface area contributed by atoms with Gasteiger partial charge in [-0.05, 0) is 57.0 Å².